The van der Waals surface area contributed by atoms with Crippen LogP contribution in [0.4, 0.5) is 0 Å². The molecule has 0 saturated carbocycles. The molecule has 1 aromatic rings. The molecular formula is C12H19ClN2O2. The van der Waals surface area contributed by atoms with Crippen LogP contribution in [0.5, 0.6) is 11.5 Å². The molecule has 0 unspecified atom stereocenters. The van der Waals surface area contributed by atoms with Crippen molar-refractivity contribution in [1.82, 2.24) is 10.6 Å². The molecule has 0 fully saturated rings. The van der Waals surface area contributed by atoms with Crippen molar-refractivity contribution < 1.29 is 9.47 Å². The molecule has 0 amide bonds. The molecule has 0 saturated heterocycles. The molecule has 0 spiro atoms. The van der Waals surface area contributed by atoms with Gasteiger partial charge in [-0.3, -0.25) is 0 Å². The quantitative estimate of drug-likeness (QED) is 0.760. The molecule has 4 nitrogen and oxygen atoms in total. The SMILES string of the molecule is CNCCCNCc1ccc2c(c1)OCO2.Cl. The highest BCUT2D eigenvalue weighted by molar-refractivity contribution is 5.85. The van der Waals surface area contributed by atoms with Gasteiger partial charge in [0.2, 0.25) is 6.79 Å². The van der Waals surface area contributed by atoms with Gasteiger partial charge < -0.3 is 20.1 Å². The molecule has 0 aromatic heterocycles. The van der Waals surface area contributed by atoms with Crippen LogP contribution in [-0.2, 0) is 6.54 Å². The minimum atomic E-state index is 0. The summed E-state index contributed by atoms with van der Waals surface area (Å²) in [6.07, 6.45) is 1.14. The van der Waals surface area contributed by atoms with E-state index >= 15 is 0 Å². The highest BCUT2D eigenvalue weighted by Crippen LogP contribution is 2.32. The second kappa shape index (κ2) is 7.37. The maximum Gasteiger partial charge on any atom is 0.231 e. The molecule has 0 radical (unpaired) electrons. The Morgan fingerprint density at radius 2 is 2.00 bits per heavy atom. The van der Waals surface area contributed by atoms with Crippen molar-refractivity contribution in [3.63, 3.8) is 0 Å². The third kappa shape index (κ3) is 4.07. The number of halogens is 1. The largest absolute Gasteiger partial charge is 0.454 e. The van der Waals surface area contributed by atoms with Crippen LogP contribution in [0.1, 0.15) is 12.0 Å². The van der Waals surface area contributed by atoms with Crippen LogP contribution < -0.4 is 20.1 Å². The second-order valence-corrected chi connectivity index (χ2v) is 3.82. The molecule has 5 heteroatoms. The molecule has 0 bridgehead atoms. The van der Waals surface area contributed by atoms with Crippen LogP contribution in [0.3, 0.4) is 0 Å². The summed E-state index contributed by atoms with van der Waals surface area (Å²) in [4.78, 5) is 0. The zero-order valence-corrected chi connectivity index (χ0v) is 10.8. The molecule has 17 heavy (non-hydrogen) atoms. The lowest BCUT2D eigenvalue weighted by Gasteiger charge is -2.05. The molecule has 0 atom stereocenters. The number of benzene rings is 1. The van der Waals surface area contributed by atoms with Crippen molar-refractivity contribution >= 4 is 12.4 Å². The fraction of sp³-hybridized carbons (Fsp3) is 0.500. The van der Waals surface area contributed by atoms with Gasteiger partial charge in [-0.2, -0.15) is 0 Å². The summed E-state index contributed by atoms with van der Waals surface area (Å²) in [6, 6.07) is 6.07. The lowest BCUT2D eigenvalue weighted by molar-refractivity contribution is 0.174. The number of fused-ring (bicyclic) bond motifs is 1. The lowest BCUT2D eigenvalue weighted by atomic mass is 10.2. The van der Waals surface area contributed by atoms with E-state index in [1.54, 1.807) is 0 Å². The van der Waals surface area contributed by atoms with E-state index in [1.165, 1.54) is 5.56 Å². The summed E-state index contributed by atoms with van der Waals surface area (Å²) in [5.41, 5.74) is 1.23. The van der Waals surface area contributed by atoms with Gasteiger partial charge in [0.1, 0.15) is 0 Å². The van der Waals surface area contributed by atoms with Gasteiger partial charge in [0.25, 0.3) is 0 Å². The van der Waals surface area contributed by atoms with Gasteiger partial charge in [-0.25, -0.2) is 0 Å². The average molecular weight is 259 g/mol. The van der Waals surface area contributed by atoms with Gasteiger partial charge in [0.15, 0.2) is 11.5 Å². The summed E-state index contributed by atoms with van der Waals surface area (Å²) >= 11 is 0. The van der Waals surface area contributed by atoms with E-state index in [1.807, 2.05) is 19.2 Å². The van der Waals surface area contributed by atoms with E-state index in [2.05, 4.69) is 16.7 Å². The van der Waals surface area contributed by atoms with Crippen molar-refractivity contribution in [3.05, 3.63) is 23.8 Å². The standard InChI is InChI=1S/C12H18N2O2.ClH/c1-13-5-2-6-14-8-10-3-4-11-12(7-10)16-9-15-11;/h3-4,7,13-14H,2,5-6,8-9H2,1H3;1H. The number of hydrogen-bond donors (Lipinski definition) is 2. The Hall–Kier alpha value is -0.970. The molecule has 1 heterocycles. The number of hydrogen-bond acceptors (Lipinski definition) is 4. The minimum Gasteiger partial charge on any atom is -0.454 e. The van der Waals surface area contributed by atoms with Gasteiger partial charge in [-0.1, -0.05) is 6.07 Å². The maximum atomic E-state index is 5.32. The van der Waals surface area contributed by atoms with Gasteiger partial charge in [0.05, 0.1) is 0 Å². The van der Waals surface area contributed by atoms with Crippen LogP contribution in [0, 0.1) is 0 Å². The summed E-state index contributed by atoms with van der Waals surface area (Å²) in [5, 5.41) is 6.52. The summed E-state index contributed by atoms with van der Waals surface area (Å²) in [7, 11) is 1.97. The monoisotopic (exact) mass is 258 g/mol. The van der Waals surface area contributed by atoms with Crippen LogP contribution in [-0.4, -0.2) is 26.9 Å². The first kappa shape index (κ1) is 14.1. The van der Waals surface area contributed by atoms with Gasteiger partial charge in [-0.15, -0.1) is 12.4 Å². The third-order valence-corrected chi connectivity index (χ3v) is 2.55. The van der Waals surface area contributed by atoms with Crippen molar-refractivity contribution in [3.8, 4) is 11.5 Å². The Bertz CT molecular complexity index is 347. The third-order valence-electron chi connectivity index (χ3n) is 2.55. The molecular weight excluding hydrogens is 240 g/mol. The minimum absolute atomic E-state index is 0. The molecule has 2 rings (SSSR count). The number of rotatable bonds is 6. The first-order chi connectivity index (χ1) is 7.90. The van der Waals surface area contributed by atoms with E-state index < -0.39 is 0 Å². The predicted octanol–water partition coefficient (Wildman–Crippen LogP) is 1.54. The van der Waals surface area contributed by atoms with E-state index in [4.69, 9.17) is 9.47 Å². The van der Waals surface area contributed by atoms with Gasteiger partial charge in [-0.05, 0) is 44.3 Å². The van der Waals surface area contributed by atoms with E-state index in [0.29, 0.717) is 6.79 Å². The molecule has 1 aromatic carbocycles. The van der Waals surface area contributed by atoms with Crippen molar-refractivity contribution in [2.75, 3.05) is 26.9 Å². The summed E-state index contributed by atoms with van der Waals surface area (Å²) in [6.45, 7) is 3.29. The summed E-state index contributed by atoms with van der Waals surface area (Å²) in [5.74, 6) is 1.70. The molecule has 1 aliphatic heterocycles. The lowest BCUT2D eigenvalue weighted by Crippen LogP contribution is -2.19. The van der Waals surface area contributed by atoms with Crippen LogP contribution >= 0.6 is 12.4 Å². The molecule has 96 valence electrons. The van der Waals surface area contributed by atoms with Gasteiger partial charge >= 0.3 is 0 Å². The first-order valence-electron chi connectivity index (χ1n) is 5.64. The smallest absolute Gasteiger partial charge is 0.231 e. The zero-order valence-electron chi connectivity index (χ0n) is 9.99. The van der Waals surface area contributed by atoms with E-state index in [9.17, 15) is 0 Å². The predicted molar refractivity (Wildman–Crippen MR) is 70.1 cm³/mol. The Morgan fingerprint density at radius 1 is 1.18 bits per heavy atom. The van der Waals surface area contributed by atoms with Crippen molar-refractivity contribution in [1.29, 1.82) is 0 Å². The second-order valence-electron chi connectivity index (χ2n) is 3.82. The van der Waals surface area contributed by atoms with Crippen molar-refractivity contribution in [2.24, 2.45) is 0 Å². The average Bonchev–Trinajstić information content (AvgIpc) is 2.76. The van der Waals surface area contributed by atoms with E-state index in [0.717, 1.165) is 37.6 Å². The highest BCUT2D eigenvalue weighted by atomic mass is 35.5. The topological polar surface area (TPSA) is 42.5 Å². The van der Waals surface area contributed by atoms with Crippen LogP contribution in [0.2, 0.25) is 0 Å². The Kier molecular flexibility index (Phi) is 6.11. The maximum absolute atomic E-state index is 5.32. The first-order valence-corrected chi connectivity index (χ1v) is 5.64. The molecule has 0 aliphatic carbocycles. The molecule has 2 N–H and O–H groups in total. The number of nitrogens with one attached hydrogen (secondary N) is 2. The highest BCUT2D eigenvalue weighted by Gasteiger charge is 2.12. The Morgan fingerprint density at radius 3 is 2.82 bits per heavy atom. The van der Waals surface area contributed by atoms with Crippen LogP contribution in [0.25, 0.3) is 0 Å². The fourth-order valence-electron chi connectivity index (χ4n) is 1.67. The fourth-order valence-corrected chi connectivity index (χ4v) is 1.67. The Labute approximate surface area is 108 Å². The van der Waals surface area contributed by atoms with E-state index in [-0.39, 0.29) is 12.4 Å². The normalized spacial score (nSPS) is 12.3. The number of ether oxygens (including phenoxy) is 2. The van der Waals surface area contributed by atoms with Gasteiger partial charge in [0, 0.05) is 6.54 Å². The van der Waals surface area contributed by atoms with Crippen LogP contribution in [0.15, 0.2) is 18.2 Å². The summed E-state index contributed by atoms with van der Waals surface area (Å²) < 4.78 is 10.6. The van der Waals surface area contributed by atoms with Crippen molar-refractivity contribution in [2.45, 2.75) is 13.0 Å². The Balaban J connectivity index is 0.00000144. The zero-order chi connectivity index (χ0) is 11.2. The molecule has 1 aliphatic rings.